The molecular weight excluding hydrogens is 240 g/mol. The molecule has 0 fully saturated rings. The summed E-state index contributed by atoms with van der Waals surface area (Å²) < 4.78 is 5.00. The summed E-state index contributed by atoms with van der Waals surface area (Å²) in [6.45, 7) is 1.08. The van der Waals surface area contributed by atoms with Gasteiger partial charge in [-0.2, -0.15) is 0 Å². The molecule has 2 aromatic rings. The van der Waals surface area contributed by atoms with Crippen LogP contribution in [-0.2, 0) is 4.79 Å². The van der Waals surface area contributed by atoms with Crippen LogP contribution in [0.5, 0.6) is 5.88 Å². The summed E-state index contributed by atoms with van der Waals surface area (Å²) in [5.74, 6) is -0.373. The van der Waals surface area contributed by atoms with E-state index < -0.39 is 5.97 Å². The summed E-state index contributed by atoms with van der Waals surface area (Å²) in [6.07, 6.45) is 0. The van der Waals surface area contributed by atoms with E-state index in [1.807, 2.05) is 24.3 Å². The molecule has 0 aliphatic carbocycles. The largest absolute Gasteiger partial charge is 0.481 e. The lowest BCUT2D eigenvalue weighted by Gasteiger charge is -2.02. The van der Waals surface area contributed by atoms with Crippen LogP contribution in [0, 0.1) is 0 Å². The fourth-order valence-corrected chi connectivity index (χ4v) is 1.36. The number of carboxylic acids is 1. The van der Waals surface area contributed by atoms with E-state index in [-0.39, 0.29) is 0 Å². The fraction of sp³-hybridized carbons (Fsp3) is 0.182. The van der Waals surface area contributed by atoms with E-state index in [0.717, 1.165) is 18.0 Å². The SMILES string of the molecule is CC(=O)O.COc1nc2ccccc2nc1S. The van der Waals surface area contributed by atoms with Gasteiger partial charge in [0.25, 0.3) is 5.97 Å². The third-order valence-electron chi connectivity index (χ3n) is 1.71. The van der Waals surface area contributed by atoms with Gasteiger partial charge in [-0.25, -0.2) is 9.97 Å². The summed E-state index contributed by atoms with van der Waals surface area (Å²) >= 11 is 4.16. The van der Waals surface area contributed by atoms with Gasteiger partial charge in [-0.1, -0.05) is 12.1 Å². The van der Waals surface area contributed by atoms with Crippen LogP contribution < -0.4 is 4.74 Å². The number of aliphatic carboxylic acids is 1. The van der Waals surface area contributed by atoms with E-state index in [1.54, 1.807) is 7.11 Å². The van der Waals surface area contributed by atoms with Crippen molar-refractivity contribution in [3.05, 3.63) is 24.3 Å². The predicted molar refractivity (Wildman–Crippen MR) is 66.7 cm³/mol. The number of methoxy groups -OCH3 is 1. The minimum atomic E-state index is -0.833. The van der Waals surface area contributed by atoms with Crippen molar-refractivity contribution in [3.8, 4) is 5.88 Å². The number of carboxylic acid groups (broad SMARTS) is 1. The number of aromatic nitrogens is 2. The van der Waals surface area contributed by atoms with Crippen molar-refractivity contribution >= 4 is 29.6 Å². The standard InChI is InChI=1S/C9H8N2OS.C2H4O2/c1-12-8-9(13)11-7-5-3-2-4-6(7)10-8;1-2(3)4/h2-5H,1H3,(H,11,13);1H3,(H,3,4). The Bertz CT molecular complexity index is 527. The van der Waals surface area contributed by atoms with Gasteiger partial charge < -0.3 is 9.84 Å². The summed E-state index contributed by atoms with van der Waals surface area (Å²) in [5.41, 5.74) is 1.64. The Kier molecular flexibility index (Phi) is 4.71. The minimum Gasteiger partial charge on any atom is -0.481 e. The first-order chi connectivity index (χ1) is 8.04. The lowest BCUT2D eigenvalue weighted by atomic mass is 10.3. The molecule has 0 unspecified atom stereocenters. The average molecular weight is 252 g/mol. The van der Waals surface area contributed by atoms with Crippen LogP contribution in [-0.4, -0.2) is 28.2 Å². The number of benzene rings is 1. The van der Waals surface area contributed by atoms with Gasteiger partial charge in [-0.05, 0) is 12.1 Å². The number of para-hydroxylation sites is 2. The highest BCUT2D eigenvalue weighted by Crippen LogP contribution is 2.20. The Hall–Kier alpha value is -1.82. The normalized spacial score (nSPS) is 9.35. The van der Waals surface area contributed by atoms with Gasteiger partial charge in [0.15, 0.2) is 5.03 Å². The Morgan fingerprint density at radius 3 is 2.24 bits per heavy atom. The molecule has 0 spiro atoms. The number of fused-ring (bicyclic) bond motifs is 1. The van der Waals surface area contributed by atoms with Gasteiger partial charge in [0.05, 0.1) is 18.1 Å². The molecule has 1 aromatic carbocycles. The van der Waals surface area contributed by atoms with Crippen LogP contribution in [0.1, 0.15) is 6.92 Å². The van der Waals surface area contributed by atoms with Crippen molar-refractivity contribution in [1.29, 1.82) is 0 Å². The lowest BCUT2D eigenvalue weighted by Crippen LogP contribution is -1.92. The Balaban J connectivity index is 0.000000317. The molecular formula is C11H12N2O3S. The van der Waals surface area contributed by atoms with Crippen molar-refractivity contribution < 1.29 is 14.6 Å². The Morgan fingerprint density at radius 2 is 1.76 bits per heavy atom. The summed E-state index contributed by atoms with van der Waals surface area (Å²) in [7, 11) is 1.55. The Morgan fingerprint density at radius 1 is 1.29 bits per heavy atom. The first-order valence-electron chi connectivity index (χ1n) is 4.74. The molecule has 6 heteroatoms. The molecule has 0 amide bonds. The first-order valence-corrected chi connectivity index (χ1v) is 5.18. The van der Waals surface area contributed by atoms with Crippen molar-refractivity contribution in [1.82, 2.24) is 9.97 Å². The predicted octanol–water partition coefficient (Wildman–Crippen LogP) is 2.02. The number of nitrogens with zero attached hydrogens (tertiary/aromatic N) is 2. The monoisotopic (exact) mass is 252 g/mol. The van der Waals surface area contributed by atoms with Crippen molar-refractivity contribution in [2.75, 3.05) is 7.11 Å². The van der Waals surface area contributed by atoms with Crippen molar-refractivity contribution in [2.24, 2.45) is 0 Å². The summed E-state index contributed by atoms with van der Waals surface area (Å²) in [4.78, 5) is 17.5. The quantitative estimate of drug-likeness (QED) is 0.760. The van der Waals surface area contributed by atoms with Gasteiger partial charge in [0.2, 0.25) is 5.88 Å². The van der Waals surface area contributed by atoms with E-state index in [4.69, 9.17) is 14.6 Å². The van der Waals surface area contributed by atoms with E-state index in [9.17, 15) is 0 Å². The minimum absolute atomic E-state index is 0.460. The first kappa shape index (κ1) is 13.2. The average Bonchev–Trinajstić information content (AvgIpc) is 2.27. The highest BCUT2D eigenvalue weighted by Gasteiger charge is 2.03. The number of hydrogen-bond acceptors (Lipinski definition) is 5. The van der Waals surface area contributed by atoms with E-state index in [0.29, 0.717) is 10.9 Å². The summed E-state index contributed by atoms with van der Waals surface area (Å²) in [5, 5.41) is 7.93. The lowest BCUT2D eigenvalue weighted by molar-refractivity contribution is -0.134. The third kappa shape index (κ3) is 3.92. The molecule has 90 valence electrons. The molecule has 0 atom stereocenters. The van der Waals surface area contributed by atoms with Crippen molar-refractivity contribution in [2.45, 2.75) is 11.9 Å². The van der Waals surface area contributed by atoms with Crippen LogP contribution in [0.15, 0.2) is 29.3 Å². The maximum atomic E-state index is 9.00. The zero-order chi connectivity index (χ0) is 12.8. The van der Waals surface area contributed by atoms with Crippen LogP contribution in [0.2, 0.25) is 0 Å². The molecule has 0 bridgehead atoms. The zero-order valence-corrected chi connectivity index (χ0v) is 10.3. The molecule has 1 N–H and O–H groups in total. The number of thiol groups is 1. The molecule has 0 aliphatic heterocycles. The highest BCUT2D eigenvalue weighted by molar-refractivity contribution is 7.80. The second-order valence-electron chi connectivity index (χ2n) is 3.06. The van der Waals surface area contributed by atoms with Gasteiger partial charge in [0.1, 0.15) is 0 Å². The zero-order valence-electron chi connectivity index (χ0n) is 9.41. The molecule has 1 heterocycles. The maximum absolute atomic E-state index is 9.00. The molecule has 1 aromatic heterocycles. The summed E-state index contributed by atoms with van der Waals surface area (Å²) in [6, 6.07) is 7.60. The number of ether oxygens (including phenoxy) is 1. The van der Waals surface area contributed by atoms with Crippen LogP contribution in [0.25, 0.3) is 11.0 Å². The van der Waals surface area contributed by atoms with Gasteiger partial charge in [-0.15, -0.1) is 12.6 Å². The fourth-order valence-electron chi connectivity index (χ4n) is 1.11. The molecule has 0 aliphatic rings. The van der Waals surface area contributed by atoms with E-state index >= 15 is 0 Å². The smallest absolute Gasteiger partial charge is 0.300 e. The van der Waals surface area contributed by atoms with Crippen LogP contribution in [0.3, 0.4) is 0 Å². The number of rotatable bonds is 1. The van der Waals surface area contributed by atoms with Gasteiger partial charge in [-0.3, -0.25) is 4.79 Å². The van der Waals surface area contributed by atoms with Crippen molar-refractivity contribution in [3.63, 3.8) is 0 Å². The molecule has 0 saturated carbocycles. The topological polar surface area (TPSA) is 72.3 Å². The number of hydrogen-bond donors (Lipinski definition) is 2. The van der Waals surface area contributed by atoms with E-state index in [2.05, 4.69) is 22.6 Å². The van der Waals surface area contributed by atoms with Crippen LogP contribution >= 0.6 is 12.6 Å². The highest BCUT2D eigenvalue weighted by atomic mass is 32.1. The molecule has 17 heavy (non-hydrogen) atoms. The second kappa shape index (κ2) is 6.05. The number of carbonyl (C=O) groups is 1. The molecule has 2 rings (SSSR count). The van der Waals surface area contributed by atoms with Gasteiger partial charge in [0, 0.05) is 6.92 Å². The molecule has 0 radical (unpaired) electrons. The van der Waals surface area contributed by atoms with E-state index in [1.165, 1.54) is 0 Å². The van der Waals surface area contributed by atoms with Crippen LogP contribution in [0.4, 0.5) is 0 Å². The second-order valence-corrected chi connectivity index (χ2v) is 3.49. The Labute approximate surface area is 104 Å². The maximum Gasteiger partial charge on any atom is 0.300 e. The molecule has 0 saturated heterocycles. The van der Waals surface area contributed by atoms with Gasteiger partial charge >= 0.3 is 0 Å². The third-order valence-corrected chi connectivity index (χ3v) is 2.01. The molecule has 5 nitrogen and oxygen atoms in total.